The van der Waals surface area contributed by atoms with Crippen molar-refractivity contribution in [3.63, 3.8) is 0 Å². The zero-order chi connectivity index (χ0) is 24.8. The standard InChI is InChI=1S/C27H35N3O3S2/c1-4-29(5-2)35(31,32)25-18-12-21(13-19-25)26-20-34-27(30(26)23-10-8-7-9-11-23)28-22-14-16-24(17-15-22)33-6-3/h12-20,23H,4-11H2,1-3H3. The van der Waals surface area contributed by atoms with Crippen molar-refractivity contribution in [2.24, 2.45) is 4.99 Å². The predicted octanol–water partition coefficient (Wildman–Crippen LogP) is 6.38. The molecule has 6 nitrogen and oxygen atoms in total. The highest BCUT2D eigenvalue weighted by Gasteiger charge is 2.23. The number of sulfonamides is 1. The Labute approximate surface area is 213 Å². The molecule has 4 rings (SSSR count). The Balaban J connectivity index is 1.73. The summed E-state index contributed by atoms with van der Waals surface area (Å²) in [5.41, 5.74) is 3.00. The van der Waals surface area contributed by atoms with Crippen molar-refractivity contribution in [1.29, 1.82) is 0 Å². The molecule has 3 aromatic rings. The van der Waals surface area contributed by atoms with Crippen molar-refractivity contribution < 1.29 is 13.2 Å². The summed E-state index contributed by atoms with van der Waals surface area (Å²) in [6.45, 7) is 7.27. The summed E-state index contributed by atoms with van der Waals surface area (Å²) >= 11 is 1.63. The molecule has 1 aliphatic carbocycles. The minimum Gasteiger partial charge on any atom is -0.494 e. The molecule has 0 spiro atoms. The SMILES string of the molecule is CCOc1ccc(N=c2scc(-c3ccc(S(=O)(=O)N(CC)CC)cc3)n2C2CCCCC2)cc1. The van der Waals surface area contributed by atoms with Crippen molar-refractivity contribution >= 4 is 27.0 Å². The van der Waals surface area contributed by atoms with Crippen molar-refractivity contribution in [3.8, 4) is 17.0 Å². The molecule has 1 aliphatic rings. The molecule has 0 radical (unpaired) electrons. The summed E-state index contributed by atoms with van der Waals surface area (Å²) in [4.78, 5) is 6.29. The van der Waals surface area contributed by atoms with Crippen LogP contribution in [0, 0.1) is 0 Å². The molecular weight excluding hydrogens is 478 g/mol. The lowest BCUT2D eigenvalue weighted by atomic mass is 9.95. The highest BCUT2D eigenvalue weighted by molar-refractivity contribution is 7.89. The third kappa shape index (κ3) is 5.71. The van der Waals surface area contributed by atoms with Crippen molar-refractivity contribution in [1.82, 2.24) is 8.87 Å². The maximum Gasteiger partial charge on any atom is 0.243 e. The van der Waals surface area contributed by atoms with Gasteiger partial charge in [0, 0.05) is 24.5 Å². The van der Waals surface area contributed by atoms with Crippen LogP contribution in [0.3, 0.4) is 0 Å². The van der Waals surface area contributed by atoms with E-state index in [2.05, 4.69) is 9.95 Å². The molecule has 0 amide bonds. The maximum absolute atomic E-state index is 12.9. The van der Waals surface area contributed by atoms with Crippen LogP contribution < -0.4 is 9.54 Å². The number of hydrogen-bond acceptors (Lipinski definition) is 5. The molecule has 8 heteroatoms. The normalized spacial score (nSPS) is 15.6. The van der Waals surface area contributed by atoms with Gasteiger partial charge in [-0.2, -0.15) is 4.31 Å². The summed E-state index contributed by atoms with van der Waals surface area (Å²) in [6, 6.07) is 15.6. The monoisotopic (exact) mass is 513 g/mol. The highest BCUT2D eigenvalue weighted by Crippen LogP contribution is 2.33. The van der Waals surface area contributed by atoms with E-state index in [-0.39, 0.29) is 0 Å². The van der Waals surface area contributed by atoms with E-state index in [1.165, 1.54) is 23.6 Å². The highest BCUT2D eigenvalue weighted by atomic mass is 32.2. The first-order valence-corrected chi connectivity index (χ1v) is 14.9. The first-order chi connectivity index (χ1) is 17.0. The molecule has 0 saturated heterocycles. The summed E-state index contributed by atoms with van der Waals surface area (Å²) in [7, 11) is -3.47. The molecule has 35 heavy (non-hydrogen) atoms. The molecule has 0 atom stereocenters. The Morgan fingerprint density at radius 3 is 2.23 bits per heavy atom. The summed E-state index contributed by atoms with van der Waals surface area (Å²) < 4.78 is 35.3. The molecule has 2 aromatic carbocycles. The smallest absolute Gasteiger partial charge is 0.243 e. The van der Waals surface area contributed by atoms with Crippen LogP contribution in [-0.2, 0) is 10.0 Å². The van der Waals surface area contributed by atoms with E-state index in [0.717, 1.165) is 40.3 Å². The van der Waals surface area contributed by atoms with Gasteiger partial charge in [0.05, 0.1) is 22.9 Å². The van der Waals surface area contributed by atoms with Crippen molar-refractivity contribution in [2.45, 2.75) is 63.8 Å². The minimum absolute atomic E-state index is 0.337. The van der Waals surface area contributed by atoms with E-state index in [1.54, 1.807) is 23.5 Å². The van der Waals surface area contributed by atoms with Gasteiger partial charge in [-0.1, -0.05) is 45.2 Å². The van der Waals surface area contributed by atoms with Crippen molar-refractivity contribution in [3.05, 3.63) is 58.7 Å². The third-order valence-corrected chi connectivity index (χ3v) is 9.45. The fourth-order valence-corrected chi connectivity index (χ4v) is 7.15. The van der Waals surface area contributed by atoms with Crippen LogP contribution in [-0.4, -0.2) is 37.0 Å². The van der Waals surface area contributed by atoms with Crippen LogP contribution in [0.25, 0.3) is 11.3 Å². The Hall–Kier alpha value is -2.42. The second-order valence-corrected chi connectivity index (χ2v) is 11.5. The largest absolute Gasteiger partial charge is 0.494 e. The molecule has 1 aromatic heterocycles. The maximum atomic E-state index is 12.9. The molecule has 1 heterocycles. The number of aromatic nitrogens is 1. The number of rotatable bonds is 9. The average molecular weight is 514 g/mol. The van der Waals surface area contributed by atoms with E-state index in [4.69, 9.17) is 9.73 Å². The van der Waals surface area contributed by atoms with Crippen LogP contribution >= 0.6 is 11.3 Å². The average Bonchev–Trinajstić information content (AvgIpc) is 3.30. The van der Waals surface area contributed by atoms with Gasteiger partial charge in [0.15, 0.2) is 4.80 Å². The second kappa shape index (κ2) is 11.5. The molecule has 0 unspecified atom stereocenters. The van der Waals surface area contributed by atoms with E-state index in [1.807, 2.05) is 57.2 Å². The van der Waals surface area contributed by atoms with Gasteiger partial charge in [-0.15, -0.1) is 11.3 Å². The summed E-state index contributed by atoms with van der Waals surface area (Å²) in [5.74, 6) is 0.846. The summed E-state index contributed by atoms with van der Waals surface area (Å²) in [6.07, 6.45) is 5.98. The zero-order valence-corrected chi connectivity index (χ0v) is 22.4. The zero-order valence-electron chi connectivity index (χ0n) is 20.8. The number of thiazole rings is 1. The van der Waals surface area contributed by atoms with E-state index in [0.29, 0.717) is 30.6 Å². The van der Waals surface area contributed by atoms with Crippen LogP contribution in [0.15, 0.2) is 63.8 Å². The van der Waals surface area contributed by atoms with Crippen LogP contribution in [0.4, 0.5) is 5.69 Å². The van der Waals surface area contributed by atoms with Gasteiger partial charge in [-0.25, -0.2) is 13.4 Å². The first-order valence-electron chi connectivity index (χ1n) is 12.6. The lowest BCUT2D eigenvalue weighted by molar-refractivity contribution is 0.340. The van der Waals surface area contributed by atoms with E-state index in [9.17, 15) is 8.42 Å². The van der Waals surface area contributed by atoms with Gasteiger partial charge in [0.25, 0.3) is 0 Å². The fraction of sp³-hybridized carbons (Fsp3) is 0.444. The molecule has 188 valence electrons. The molecule has 0 bridgehead atoms. The first kappa shape index (κ1) is 25.7. The van der Waals surface area contributed by atoms with Gasteiger partial charge in [0.2, 0.25) is 10.0 Å². The Morgan fingerprint density at radius 1 is 0.971 bits per heavy atom. The van der Waals surface area contributed by atoms with Crippen LogP contribution in [0.5, 0.6) is 5.75 Å². The Morgan fingerprint density at radius 2 is 1.63 bits per heavy atom. The number of ether oxygens (including phenoxy) is 1. The second-order valence-electron chi connectivity index (χ2n) is 8.72. The molecular formula is C27H35N3O3S2. The number of hydrogen-bond donors (Lipinski definition) is 0. The van der Waals surface area contributed by atoms with Gasteiger partial charge >= 0.3 is 0 Å². The van der Waals surface area contributed by atoms with Crippen LogP contribution in [0.1, 0.15) is 58.9 Å². The third-order valence-electron chi connectivity index (χ3n) is 6.55. The Kier molecular flexibility index (Phi) is 8.46. The van der Waals surface area contributed by atoms with Crippen molar-refractivity contribution in [2.75, 3.05) is 19.7 Å². The van der Waals surface area contributed by atoms with Gasteiger partial charge in [0.1, 0.15) is 5.75 Å². The molecule has 0 N–H and O–H groups in total. The van der Waals surface area contributed by atoms with E-state index >= 15 is 0 Å². The summed E-state index contributed by atoms with van der Waals surface area (Å²) in [5, 5.41) is 2.15. The molecule has 0 aliphatic heterocycles. The molecule has 1 fully saturated rings. The van der Waals surface area contributed by atoms with Gasteiger partial charge in [-0.05, 0) is 61.7 Å². The van der Waals surface area contributed by atoms with Gasteiger partial charge in [-0.3, -0.25) is 0 Å². The topological polar surface area (TPSA) is 63.9 Å². The lowest BCUT2D eigenvalue weighted by Gasteiger charge is -2.25. The Bertz CT molecular complexity index is 1270. The predicted molar refractivity (Wildman–Crippen MR) is 143 cm³/mol. The lowest BCUT2D eigenvalue weighted by Crippen LogP contribution is -2.30. The number of nitrogens with zero attached hydrogens (tertiary/aromatic N) is 3. The molecule has 1 saturated carbocycles. The quantitative estimate of drug-likeness (QED) is 0.333. The number of benzene rings is 2. The van der Waals surface area contributed by atoms with E-state index < -0.39 is 10.0 Å². The fourth-order valence-electron chi connectivity index (χ4n) is 4.71. The van der Waals surface area contributed by atoms with Gasteiger partial charge < -0.3 is 9.30 Å². The van der Waals surface area contributed by atoms with Crippen LogP contribution in [0.2, 0.25) is 0 Å². The minimum atomic E-state index is -3.47.